The smallest absolute Gasteiger partial charge is 0.234 e. The first-order chi connectivity index (χ1) is 18.8. The van der Waals surface area contributed by atoms with E-state index >= 15 is 4.39 Å². The van der Waals surface area contributed by atoms with Crippen LogP contribution in [0.3, 0.4) is 0 Å². The lowest BCUT2D eigenvalue weighted by atomic mass is 9.80. The van der Waals surface area contributed by atoms with E-state index in [0.29, 0.717) is 47.3 Å². The largest absolute Gasteiger partial charge is 0.380 e. The number of piperidine rings is 2. The number of rotatable bonds is 5. The number of ether oxygens (including phenoxy) is 2. The van der Waals surface area contributed by atoms with E-state index in [0.717, 1.165) is 42.5 Å². The summed E-state index contributed by atoms with van der Waals surface area (Å²) in [6.07, 6.45) is 2.92. The van der Waals surface area contributed by atoms with Gasteiger partial charge in [0, 0.05) is 54.1 Å². The van der Waals surface area contributed by atoms with Crippen LogP contribution in [-0.4, -0.2) is 53.6 Å². The summed E-state index contributed by atoms with van der Waals surface area (Å²) in [6, 6.07) is 11.6. The van der Waals surface area contributed by atoms with Crippen LogP contribution in [0.1, 0.15) is 60.3 Å². The van der Waals surface area contributed by atoms with Gasteiger partial charge in [0.1, 0.15) is 17.0 Å². The minimum absolute atomic E-state index is 0.259. The van der Waals surface area contributed by atoms with Gasteiger partial charge in [-0.25, -0.2) is 4.39 Å². The molecule has 3 unspecified atom stereocenters. The van der Waals surface area contributed by atoms with Crippen molar-refractivity contribution in [1.29, 1.82) is 0 Å². The second kappa shape index (κ2) is 9.06. The lowest BCUT2D eigenvalue weighted by molar-refractivity contribution is -0.134. The number of benzene rings is 2. The molecule has 0 bridgehead atoms. The molecule has 1 aromatic heterocycles. The zero-order valence-corrected chi connectivity index (χ0v) is 22.4. The van der Waals surface area contributed by atoms with Crippen molar-refractivity contribution < 1.29 is 23.5 Å². The first-order valence-electron chi connectivity index (χ1n) is 13.5. The number of hydrogen-bond donors (Lipinski definition) is 1. The average Bonchev–Trinajstić information content (AvgIpc) is 3.50. The topological polar surface area (TPSA) is 84.1 Å². The molecular weight excluding hydrogens is 521 g/mol. The Balaban J connectivity index is 1.11. The molecule has 4 aliphatic rings. The molecule has 3 atom stereocenters. The van der Waals surface area contributed by atoms with Gasteiger partial charge in [-0.3, -0.25) is 24.8 Å². The molecule has 0 radical (unpaired) electrons. The Morgan fingerprint density at radius 1 is 1.21 bits per heavy atom. The highest BCUT2D eigenvalue weighted by Gasteiger charge is 2.70. The van der Waals surface area contributed by atoms with Crippen LogP contribution in [-0.2, 0) is 31.2 Å². The van der Waals surface area contributed by atoms with Gasteiger partial charge in [-0.1, -0.05) is 29.8 Å². The fraction of sp³-hybridized carbons (Fsp3) is 0.433. The van der Waals surface area contributed by atoms with Crippen LogP contribution in [0.2, 0.25) is 5.02 Å². The number of imide groups is 1. The first-order valence-corrected chi connectivity index (χ1v) is 13.8. The SMILES string of the molecule is CC12CN(Cc3ccc(C4COC4)c(Cl)c3)CCC1(c1ccc3ncc(C4CCC(=O)NC4=O)cc3c1F)O2. The molecule has 9 heteroatoms. The van der Waals surface area contributed by atoms with Crippen molar-refractivity contribution in [3.63, 3.8) is 0 Å². The maximum atomic E-state index is 16.1. The lowest BCUT2D eigenvalue weighted by Gasteiger charge is -2.33. The molecule has 0 aliphatic carbocycles. The Bertz CT molecular complexity index is 1530. The van der Waals surface area contributed by atoms with E-state index in [1.807, 2.05) is 19.1 Å². The highest BCUT2D eigenvalue weighted by Crippen LogP contribution is 2.61. The van der Waals surface area contributed by atoms with Crippen LogP contribution in [0.4, 0.5) is 4.39 Å². The number of amides is 2. The van der Waals surface area contributed by atoms with E-state index < -0.39 is 17.1 Å². The summed E-state index contributed by atoms with van der Waals surface area (Å²) in [6.45, 7) is 5.68. The Kier molecular flexibility index (Phi) is 5.83. The summed E-state index contributed by atoms with van der Waals surface area (Å²) < 4.78 is 27.8. The number of carbonyl (C=O) groups is 2. The van der Waals surface area contributed by atoms with Crippen LogP contribution in [0, 0.1) is 5.82 Å². The van der Waals surface area contributed by atoms with Crippen molar-refractivity contribution in [2.24, 2.45) is 0 Å². The van der Waals surface area contributed by atoms with Crippen molar-refractivity contribution in [2.45, 2.75) is 55.8 Å². The van der Waals surface area contributed by atoms with Crippen molar-refractivity contribution in [3.8, 4) is 0 Å². The third-order valence-corrected chi connectivity index (χ3v) is 9.29. The number of carbonyl (C=O) groups excluding carboxylic acids is 2. The number of fused-ring (bicyclic) bond motifs is 2. The summed E-state index contributed by atoms with van der Waals surface area (Å²) in [5, 5.41) is 3.53. The third-order valence-electron chi connectivity index (χ3n) is 8.96. The van der Waals surface area contributed by atoms with Crippen LogP contribution in [0.5, 0.6) is 0 Å². The van der Waals surface area contributed by atoms with Gasteiger partial charge in [-0.05, 0) is 54.7 Å². The van der Waals surface area contributed by atoms with E-state index in [1.165, 1.54) is 0 Å². The Morgan fingerprint density at radius 2 is 2.05 bits per heavy atom. The molecule has 4 saturated heterocycles. The fourth-order valence-corrected chi connectivity index (χ4v) is 6.99. The predicted octanol–water partition coefficient (Wildman–Crippen LogP) is 4.55. The van der Waals surface area contributed by atoms with Crippen molar-refractivity contribution in [1.82, 2.24) is 15.2 Å². The molecule has 4 aliphatic heterocycles. The first kappa shape index (κ1) is 25.1. The van der Waals surface area contributed by atoms with Gasteiger partial charge in [0.2, 0.25) is 11.8 Å². The van der Waals surface area contributed by atoms with Crippen LogP contribution in [0.25, 0.3) is 10.9 Å². The maximum absolute atomic E-state index is 16.1. The highest BCUT2D eigenvalue weighted by atomic mass is 35.5. The fourth-order valence-electron chi connectivity index (χ4n) is 6.63. The number of pyridine rings is 1. The quantitative estimate of drug-likeness (QED) is 0.371. The molecule has 2 aromatic carbocycles. The molecule has 5 heterocycles. The average molecular weight is 550 g/mol. The summed E-state index contributed by atoms with van der Waals surface area (Å²) in [5.74, 6) is -1.13. The second-order valence-corrected chi connectivity index (χ2v) is 11.9. The number of aromatic nitrogens is 1. The van der Waals surface area contributed by atoms with E-state index in [2.05, 4.69) is 27.3 Å². The Morgan fingerprint density at radius 3 is 2.77 bits per heavy atom. The van der Waals surface area contributed by atoms with Gasteiger partial charge in [-0.2, -0.15) is 0 Å². The standard InChI is InChI=1S/C30H29ClFN3O4/c1-29-16-35(13-17-2-3-20(24(31)10-17)19-14-38-15-19)9-8-30(29,39-29)23-5-6-25-22(27(23)32)11-18(12-33-25)21-4-7-26(36)34-28(21)37/h2-3,5-6,10-12,19,21H,4,7-9,13-16H2,1H3,(H,34,36,37). The van der Waals surface area contributed by atoms with Gasteiger partial charge in [0.25, 0.3) is 0 Å². The number of epoxide rings is 1. The molecule has 7 rings (SSSR count). The zero-order valence-electron chi connectivity index (χ0n) is 21.6. The summed E-state index contributed by atoms with van der Waals surface area (Å²) in [5.41, 5.74) is 2.75. The van der Waals surface area contributed by atoms with Crippen LogP contribution < -0.4 is 5.32 Å². The second-order valence-electron chi connectivity index (χ2n) is 11.5. The lowest BCUT2D eigenvalue weighted by Crippen LogP contribution is -2.44. The van der Waals surface area contributed by atoms with Crippen molar-refractivity contribution >= 4 is 34.3 Å². The summed E-state index contributed by atoms with van der Waals surface area (Å²) in [4.78, 5) is 30.7. The van der Waals surface area contributed by atoms with Crippen LogP contribution >= 0.6 is 11.6 Å². The van der Waals surface area contributed by atoms with Crippen molar-refractivity contribution in [2.75, 3.05) is 26.3 Å². The number of nitrogens with one attached hydrogen (secondary N) is 1. The van der Waals surface area contributed by atoms with Gasteiger partial charge in [0.05, 0.1) is 24.6 Å². The summed E-state index contributed by atoms with van der Waals surface area (Å²) in [7, 11) is 0. The van der Waals surface area contributed by atoms with Crippen LogP contribution in [0.15, 0.2) is 42.6 Å². The Hall–Kier alpha value is -2.91. The predicted molar refractivity (Wildman–Crippen MR) is 143 cm³/mol. The zero-order chi connectivity index (χ0) is 26.9. The molecule has 2 amide bonds. The molecule has 3 aromatic rings. The molecule has 1 N–H and O–H groups in total. The Labute approximate surface area is 230 Å². The molecule has 0 spiro atoms. The maximum Gasteiger partial charge on any atom is 0.234 e. The normalized spacial score (nSPS) is 29.2. The summed E-state index contributed by atoms with van der Waals surface area (Å²) >= 11 is 6.58. The number of nitrogens with zero attached hydrogens (tertiary/aromatic N) is 2. The number of halogens is 2. The molecule has 0 saturated carbocycles. The van der Waals surface area contributed by atoms with Gasteiger partial charge in [-0.15, -0.1) is 0 Å². The van der Waals surface area contributed by atoms with E-state index in [1.54, 1.807) is 18.3 Å². The monoisotopic (exact) mass is 549 g/mol. The molecular formula is C30H29ClFN3O4. The van der Waals surface area contributed by atoms with E-state index in [-0.39, 0.29) is 24.1 Å². The van der Waals surface area contributed by atoms with Gasteiger partial charge >= 0.3 is 0 Å². The number of hydrogen-bond acceptors (Lipinski definition) is 6. The van der Waals surface area contributed by atoms with E-state index in [4.69, 9.17) is 21.1 Å². The minimum Gasteiger partial charge on any atom is -0.380 e. The third kappa shape index (κ3) is 4.08. The van der Waals surface area contributed by atoms with Crippen molar-refractivity contribution in [3.05, 3.63) is 75.7 Å². The molecule has 39 heavy (non-hydrogen) atoms. The highest BCUT2D eigenvalue weighted by molar-refractivity contribution is 6.31. The molecule has 4 fully saturated rings. The molecule has 202 valence electrons. The van der Waals surface area contributed by atoms with Gasteiger partial charge < -0.3 is 9.47 Å². The number of likely N-dealkylation sites (tertiary alicyclic amines) is 1. The van der Waals surface area contributed by atoms with E-state index in [9.17, 15) is 9.59 Å². The van der Waals surface area contributed by atoms with Gasteiger partial charge in [0.15, 0.2) is 0 Å². The minimum atomic E-state index is -0.696. The molecule has 7 nitrogen and oxygen atoms in total.